The zero-order valence-corrected chi connectivity index (χ0v) is 21.6. The Balaban J connectivity index is 1.52. The van der Waals surface area contributed by atoms with Gasteiger partial charge in [-0.05, 0) is 78.7 Å². The van der Waals surface area contributed by atoms with Crippen molar-refractivity contribution in [3.05, 3.63) is 82.3 Å². The minimum absolute atomic E-state index is 0.178. The fraction of sp³-hybridized carbons (Fsp3) is 0.222. The van der Waals surface area contributed by atoms with Crippen LogP contribution in [-0.2, 0) is 4.79 Å². The largest absolute Gasteiger partial charge is 0.494 e. The number of hydrogen-bond acceptors (Lipinski definition) is 7. The number of nitrogens with one attached hydrogen (secondary N) is 1. The van der Waals surface area contributed by atoms with E-state index in [0.29, 0.717) is 35.0 Å². The van der Waals surface area contributed by atoms with Gasteiger partial charge in [0, 0.05) is 4.47 Å². The molecular weight excluding hydrogens is 528 g/mol. The number of carbonyl (C=O) groups excluding carboxylic acids is 2. The van der Waals surface area contributed by atoms with Crippen molar-refractivity contribution in [2.75, 3.05) is 20.3 Å². The Morgan fingerprint density at radius 1 is 0.944 bits per heavy atom. The van der Waals surface area contributed by atoms with Gasteiger partial charge in [0.05, 0.1) is 25.5 Å². The summed E-state index contributed by atoms with van der Waals surface area (Å²) in [4.78, 5) is 24.5. The maximum atomic E-state index is 12.6. The summed E-state index contributed by atoms with van der Waals surface area (Å²) in [6.45, 7) is 2.55. The van der Waals surface area contributed by atoms with Crippen LogP contribution in [0.5, 0.6) is 23.0 Å². The van der Waals surface area contributed by atoms with Gasteiger partial charge in [0.1, 0.15) is 11.5 Å². The maximum Gasteiger partial charge on any atom is 0.343 e. The fourth-order valence-electron chi connectivity index (χ4n) is 2.92. The summed E-state index contributed by atoms with van der Waals surface area (Å²) in [5, 5.41) is 3.93. The van der Waals surface area contributed by atoms with Gasteiger partial charge in [-0.3, -0.25) is 4.79 Å². The molecule has 0 radical (unpaired) electrons. The van der Waals surface area contributed by atoms with Crippen LogP contribution in [0.4, 0.5) is 0 Å². The zero-order chi connectivity index (χ0) is 25.8. The number of esters is 1. The maximum absolute atomic E-state index is 12.6. The molecule has 0 saturated heterocycles. The predicted molar refractivity (Wildman–Crippen MR) is 140 cm³/mol. The molecular formula is C27H27BrN2O6. The van der Waals surface area contributed by atoms with Crippen LogP contribution in [0.1, 0.15) is 35.7 Å². The molecule has 0 atom stereocenters. The molecule has 1 N–H and O–H groups in total. The number of unbranched alkanes of at least 4 members (excludes halogenated alkanes) is 1. The summed E-state index contributed by atoms with van der Waals surface area (Å²) in [7, 11) is 1.47. The van der Waals surface area contributed by atoms with Crippen molar-refractivity contribution in [2.24, 2.45) is 5.10 Å². The number of hydrazone groups is 1. The molecule has 3 aromatic carbocycles. The Morgan fingerprint density at radius 2 is 1.64 bits per heavy atom. The Bertz CT molecular complexity index is 1180. The van der Waals surface area contributed by atoms with Crippen LogP contribution >= 0.6 is 15.9 Å². The monoisotopic (exact) mass is 554 g/mol. The quantitative estimate of drug-likeness (QED) is 0.106. The van der Waals surface area contributed by atoms with Gasteiger partial charge in [0.15, 0.2) is 18.1 Å². The predicted octanol–water partition coefficient (Wildman–Crippen LogP) is 5.38. The number of benzene rings is 3. The van der Waals surface area contributed by atoms with Crippen molar-refractivity contribution in [3.8, 4) is 23.0 Å². The van der Waals surface area contributed by atoms with Gasteiger partial charge in [0.25, 0.3) is 5.91 Å². The van der Waals surface area contributed by atoms with Crippen LogP contribution < -0.4 is 24.4 Å². The molecule has 3 rings (SSSR count). The third kappa shape index (κ3) is 8.42. The van der Waals surface area contributed by atoms with E-state index in [1.54, 1.807) is 54.6 Å². The molecule has 36 heavy (non-hydrogen) atoms. The first-order valence-corrected chi connectivity index (χ1v) is 12.1. The highest BCUT2D eigenvalue weighted by molar-refractivity contribution is 9.10. The van der Waals surface area contributed by atoms with Crippen LogP contribution in [0.25, 0.3) is 0 Å². The molecule has 1 amide bonds. The standard InChI is InChI=1S/C27H27BrN2O6/c1-3-4-15-34-22-10-6-20(7-11-22)27(32)36-24-14-5-19(16-25(24)33-2)17-29-30-26(31)18-35-23-12-8-21(28)9-13-23/h5-14,16-17H,3-4,15,18H2,1-2H3,(H,30,31). The highest BCUT2D eigenvalue weighted by atomic mass is 79.9. The van der Waals surface area contributed by atoms with Gasteiger partial charge in [-0.25, -0.2) is 10.2 Å². The topological polar surface area (TPSA) is 95.5 Å². The highest BCUT2D eigenvalue weighted by Gasteiger charge is 2.13. The molecule has 0 aliphatic carbocycles. The lowest BCUT2D eigenvalue weighted by Gasteiger charge is -2.10. The molecule has 188 valence electrons. The molecule has 0 spiro atoms. The van der Waals surface area contributed by atoms with Crippen molar-refractivity contribution in [1.29, 1.82) is 0 Å². The van der Waals surface area contributed by atoms with Crippen molar-refractivity contribution in [2.45, 2.75) is 19.8 Å². The third-order valence-corrected chi connectivity index (χ3v) is 5.36. The zero-order valence-electron chi connectivity index (χ0n) is 20.0. The van der Waals surface area contributed by atoms with E-state index in [1.807, 2.05) is 12.1 Å². The van der Waals surface area contributed by atoms with E-state index < -0.39 is 11.9 Å². The minimum Gasteiger partial charge on any atom is -0.494 e. The summed E-state index contributed by atoms with van der Waals surface area (Å²) in [5.41, 5.74) is 3.42. The Labute approximate surface area is 218 Å². The van der Waals surface area contributed by atoms with Crippen LogP contribution in [-0.4, -0.2) is 38.4 Å². The van der Waals surface area contributed by atoms with Crippen molar-refractivity contribution < 1.29 is 28.5 Å². The van der Waals surface area contributed by atoms with Crippen LogP contribution in [0.2, 0.25) is 0 Å². The molecule has 0 unspecified atom stereocenters. The average molecular weight is 555 g/mol. The Hall–Kier alpha value is -3.85. The number of nitrogens with zero attached hydrogens (tertiary/aromatic N) is 1. The summed E-state index contributed by atoms with van der Waals surface area (Å²) in [5.74, 6) is 0.949. The lowest BCUT2D eigenvalue weighted by molar-refractivity contribution is -0.123. The van der Waals surface area contributed by atoms with Crippen LogP contribution in [0, 0.1) is 0 Å². The third-order valence-electron chi connectivity index (χ3n) is 4.83. The SMILES string of the molecule is CCCCOc1ccc(C(=O)Oc2ccc(C=NNC(=O)COc3ccc(Br)cc3)cc2OC)cc1. The smallest absolute Gasteiger partial charge is 0.343 e. The number of amides is 1. The highest BCUT2D eigenvalue weighted by Crippen LogP contribution is 2.28. The second-order valence-corrected chi connectivity index (χ2v) is 8.48. The number of methoxy groups -OCH3 is 1. The molecule has 3 aromatic rings. The van der Waals surface area contributed by atoms with Gasteiger partial charge in [0.2, 0.25) is 0 Å². The molecule has 0 fully saturated rings. The second-order valence-electron chi connectivity index (χ2n) is 7.56. The van der Waals surface area contributed by atoms with Gasteiger partial charge < -0.3 is 18.9 Å². The van der Waals surface area contributed by atoms with Crippen molar-refractivity contribution >= 4 is 34.0 Å². The first kappa shape index (κ1) is 26.7. The molecule has 0 heterocycles. The molecule has 0 aliphatic heterocycles. The molecule has 9 heteroatoms. The van der Waals surface area contributed by atoms with E-state index in [9.17, 15) is 9.59 Å². The number of rotatable bonds is 12. The number of hydrogen-bond donors (Lipinski definition) is 1. The van der Waals surface area contributed by atoms with Crippen LogP contribution in [0.15, 0.2) is 76.3 Å². The van der Waals surface area contributed by atoms with E-state index in [1.165, 1.54) is 13.3 Å². The number of carbonyl (C=O) groups is 2. The Kier molecular flexibility index (Phi) is 10.3. The molecule has 0 aromatic heterocycles. The molecule has 8 nitrogen and oxygen atoms in total. The molecule has 0 aliphatic rings. The minimum atomic E-state index is -0.520. The molecule has 0 bridgehead atoms. The van der Waals surface area contributed by atoms with Gasteiger partial charge >= 0.3 is 5.97 Å². The second kappa shape index (κ2) is 13.9. The lowest BCUT2D eigenvalue weighted by Crippen LogP contribution is -2.24. The van der Waals surface area contributed by atoms with E-state index in [0.717, 1.165) is 17.3 Å². The number of halogens is 1. The summed E-state index contributed by atoms with van der Waals surface area (Å²) in [6.07, 6.45) is 3.47. The normalized spacial score (nSPS) is 10.6. The fourth-order valence-corrected chi connectivity index (χ4v) is 3.18. The van der Waals surface area contributed by atoms with Crippen LogP contribution in [0.3, 0.4) is 0 Å². The lowest BCUT2D eigenvalue weighted by atomic mass is 10.2. The van der Waals surface area contributed by atoms with E-state index >= 15 is 0 Å². The Morgan fingerprint density at radius 3 is 2.33 bits per heavy atom. The summed E-state index contributed by atoms with van der Waals surface area (Å²) < 4.78 is 22.8. The van der Waals surface area contributed by atoms with Gasteiger partial charge in [-0.1, -0.05) is 29.3 Å². The van der Waals surface area contributed by atoms with Gasteiger partial charge in [-0.2, -0.15) is 5.10 Å². The van der Waals surface area contributed by atoms with E-state index in [2.05, 4.69) is 33.4 Å². The summed E-state index contributed by atoms with van der Waals surface area (Å²) >= 11 is 3.34. The van der Waals surface area contributed by atoms with Crippen molar-refractivity contribution in [1.82, 2.24) is 5.43 Å². The average Bonchev–Trinajstić information content (AvgIpc) is 2.89. The van der Waals surface area contributed by atoms with Crippen molar-refractivity contribution in [3.63, 3.8) is 0 Å². The van der Waals surface area contributed by atoms with E-state index in [4.69, 9.17) is 18.9 Å². The van der Waals surface area contributed by atoms with Gasteiger partial charge in [-0.15, -0.1) is 0 Å². The first-order chi connectivity index (χ1) is 17.5. The first-order valence-electron chi connectivity index (χ1n) is 11.3. The molecule has 0 saturated carbocycles. The van der Waals surface area contributed by atoms with E-state index in [-0.39, 0.29) is 12.4 Å². The number of ether oxygens (including phenoxy) is 4. The summed E-state index contributed by atoms with van der Waals surface area (Å²) in [6, 6.07) is 18.8.